The highest BCUT2D eigenvalue weighted by Crippen LogP contribution is 2.26. The summed E-state index contributed by atoms with van der Waals surface area (Å²) in [7, 11) is 0. The summed E-state index contributed by atoms with van der Waals surface area (Å²) in [5.41, 5.74) is 0.732. The van der Waals surface area contributed by atoms with Gasteiger partial charge in [0.15, 0.2) is 0 Å². The average molecular weight is 381 g/mol. The molecule has 0 fully saturated rings. The van der Waals surface area contributed by atoms with Gasteiger partial charge < -0.3 is 10.1 Å². The first-order chi connectivity index (χ1) is 13.1. The monoisotopic (exact) mass is 381 g/mol. The molecule has 1 aromatic carbocycles. The van der Waals surface area contributed by atoms with E-state index in [1.165, 1.54) is 10.6 Å². The largest absolute Gasteiger partial charge is 0.462 e. The molecular formula is C21H23N3O4. The zero-order valence-electron chi connectivity index (χ0n) is 16.6. The molecule has 0 aliphatic carbocycles. The Hall–Kier alpha value is -3.22. The van der Waals surface area contributed by atoms with Crippen LogP contribution >= 0.6 is 0 Å². The molecule has 1 N–H and O–H groups in total. The van der Waals surface area contributed by atoms with Crippen LogP contribution in [0.3, 0.4) is 0 Å². The molecule has 28 heavy (non-hydrogen) atoms. The Morgan fingerprint density at radius 2 is 1.93 bits per heavy atom. The number of fused-ring (bicyclic) bond motifs is 3. The van der Waals surface area contributed by atoms with Crippen LogP contribution in [0.5, 0.6) is 0 Å². The van der Waals surface area contributed by atoms with Crippen LogP contribution in [0.1, 0.15) is 43.6 Å². The van der Waals surface area contributed by atoms with E-state index in [-0.39, 0.29) is 18.1 Å². The number of amides is 1. The van der Waals surface area contributed by atoms with Gasteiger partial charge in [0.2, 0.25) is 5.91 Å². The smallest absolute Gasteiger partial charge is 0.345 e. The molecule has 146 valence electrons. The van der Waals surface area contributed by atoms with Gasteiger partial charge in [-0.2, -0.15) is 0 Å². The van der Waals surface area contributed by atoms with Crippen LogP contribution in [0.2, 0.25) is 0 Å². The number of nitrogens with one attached hydrogen (secondary N) is 1. The molecule has 2 heterocycles. The predicted octanol–water partition coefficient (Wildman–Crippen LogP) is 3.32. The van der Waals surface area contributed by atoms with Gasteiger partial charge in [0, 0.05) is 28.9 Å². The topological polar surface area (TPSA) is 89.8 Å². The summed E-state index contributed by atoms with van der Waals surface area (Å²) in [6.07, 6.45) is 2.90. The lowest BCUT2D eigenvalue weighted by atomic mass is 9.95. The van der Waals surface area contributed by atoms with Crippen LogP contribution in [-0.4, -0.2) is 27.9 Å². The molecule has 0 aliphatic heterocycles. The van der Waals surface area contributed by atoms with Gasteiger partial charge in [-0.25, -0.2) is 9.78 Å². The molecule has 2 aromatic heterocycles. The Morgan fingerprint density at radius 3 is 2.57 bits per heavy atom. The van der Waals surface area contributed by atoms with E-state index in [1.807, 2.05) is 39.8 Å². The fourth-order valence-corrected chi connectivity index (χ4v) is 2.87. The number of hydrogen-bond acceptors (Lipinski definition) is 5. The van der Waals surface area contributed by atoms with Crippen molar-refractivity contribution in [1.82, 2.24) is 9.38 Å². The first kappa shape index (κ1) is 19.5. The van der Waals surface area contributed by atoms with Crippen molar-refractivity contribution in [2.75, 3.05) is 11.9 Å². The van der Waals surface area contributed by atoms with Gasteiger partial charge in [-0.15, -0.1) is 0 Å². The van der Waals surface area contributed by atoms with Crippen molar-refractivity contribution < 1.29 is 14.3 Å². The fourth-order valence-electron chi connectivity index (χ4n) is 2.87. The van der Waals surface area contributed by atoms with Gasteiger partial charge in [0.05, 0.1) is 6.61 Å². The molecule has 0 radical (unpaired) electrons. The van der Waals surface area contributed by atoms with Gasteiger partial charge in [0.1, 0.15) is 11.2 Å². The molecular weight excluding hydrogens is 358 g/mol. The maximum absolute atomic E-state index is 12.8. The van der Waals surface area contributed by atoms with Crippen molar-refractivity contribution >= 4 is 34.0 Å². The highest BCUT2D eigenvalue weighted by atomic mass is 16.5. The van der Waals surface area contributed by atoms with Crippen LogP contribution in [0.15, 0.2) is 35.4 Å². The van der Waals surface area contributed by atoms with Crippen molar-refractivity contribution in [1.29, 1.82) is 0 Å². The zero-order chi connectivity index (χ0) is 20.6. The molecule has 0 aliphatic rings. The quantitative estimate of drug-likeness (QED) is 0.555. The molecule has 0 bridgehead atoms. The van der Waals surface area contributed by atoms with Crippen LogP contribution in [-0.2, 0) is 9.53 Å². The highest BCUT2D eigenvalue weighted by Gasteiger charge is 2.22. The van der Waals surface area contributed by atoms with E-state index in [0.29, 0.717) is 16.7 Å². The highest BCUT2D eigenvalue weighted by molar-refractivity contribution is 6.01. The van der Waals surface area contributed by atoms with E-state index >= 15 is 0 Å². The van der Waals surface area contributed by atoms with Crippen molar-refractivity contribution in [2.45, 2.75) is 34.6 Å². The zero-order valence-corrected chi connectivity index (χ0v) is 16.6. The number of pyridine rings is 1. The molecule has 0 spiro atoms. The summed E-state index contributed by atoms with van der Waals surface area (Å²) in [6, 6.07) is 5.49. The van der Waals surface area contributed by atoms with E-state index in [4.69, 9.17) is 4.74 Å². The molecule has 0 atom stereocenters. The fraction of sp³-hybridized carbons (Fsp3) is 0.333. The lowest BCUT2D eigenvalue weighted by Gasteiger charge is -2.18. The molecule has 0 saturated heterocycles. The van der Waals surface area contributed by atoms with E-state index in [1.54, 1.807) is 19.2 Å². The van der Waals surface area contributed by atoms with Gasteiger partial charge >= 0.3 is 5.97 Å². The van der Waals surface area contributed by atoms with Gasteiger partial charge in [-0.3, -0.25) is 14.0 Å². The van der Waals surface area contributed by atoms with E-state index in [9.17, 15) is 14.4 Å². The Kier molecular flexibility index (Phi) is 4.93. The molecule has 3 aromatic rings. The van der Waals surface area contributed by atoms with Crippen LogP contribution in [0, 0.1) is 12.3 Å². The summed E-state index contributed by atoms with van der Waals surface area (Å²) in [4.78, 5) is 41.4. The number of nitrogens with zero attached hydrogens (tertiary/aromatic N) is 2. The Balaban J connectivity index is 2.20. The summed E-state index contributed by atoms with van der Waals surface area (Å²) >= 11 is 0. The van der Waals surface area contributed by atoms with Crippen LogP contribution in [0.25, 0.3) is 16.4 Å². The van der Waals surface area contributed by atoms with Crippen molar-refractivity contribution in [2.24, 2.45) is 5.41 Å². The lowest BCUT2D eigenvalue weighted by molar-refractivity contribution is -0.123. The minimum Gasteiger partial charge on any atom is -0.462 e. The minimum atomic E-state index is -0.696. The first-order valence-electron chi connectivity index (χ1n) is 9.06. The van der Waals surface area contributed by atoms with Crippen molar-refractivity contribution in [3.63, 3.8) is 0 Å². The maximum atomic E-state index is 12.8. The number of carbonyl (C=O) groups is 2. The van der Waals surface area contributed by atoms with Gasteiger partial charge in [-0.1, -0.05) is 26.8 Å². The number of aromatic nitrogens is 2. The second kappa shape index (κ2) is 7.07. The number of carbonyl (C=O) groups excluding carboxylic acids is 2. The van der Waals surface area contributed by atoms with Crippen molar-refractivity contribution in [3.05, 3.63) is 52.1 Å². The third-order valence-corrected chi connectivity index (χ3v) is 4.44. The third kappa shape index (κ3) is 3.47. The Morgan fingerprint density at radius 1 is 1.21 bits per heavy atom. The number of rotatable bonds is 3. The third-order valence-electron chi connectivity index (χ3n) is 4.44. The summed E-state index contributed by atoms with van der Waals surface area (Å²) in [6.45, 7) is 9.23. The van der Waals surface area contributed by atoms with E-state index in [2.05, 4.69) is 10.3 Å². The molecule has 1 amide bonds. The van der Waals surface area contributed by atoms with E-state index < -0.39 is 16.9 Å². The predicted molar refractivity (Wildman–Crippen MR) is 108 cm³/mol. The number of aryl methyl sites for hydroxylation is 1. The number of benzene rings is 1. The summed E-state index contributed by atoms with van der Waals surface area (Å²) in [5, 5.41) is 4.51. The van der Waals surface area contributed by atoms with Gasteiger partial charge in [-0.05, 0) is 36.9 Å². The lowest BCUT2D eigenvalue weighted by Crippen LogP contribution is -2.27. The van der Waals surface area contributed by atoms with Crippen molar-refractivity contribution in [3.8, 4) is 0 Å². The summed E-state index contributed by atoms with van der Waals surface area (Å²) in [5.74, 6) is -0.808. The number of anilines is 1. The normalized spacial score (nSPS) is 11.6. The second-order valence-corrected chi connectivity index (χ2v) is 7.67. The van der Waals surface area contributed by atoms with E-state index in [0.717, 1.165) is 10.9 Å². The number of hydrogen-bond donors (Lipinski definition) is 1. The maximum Gasteiger partial charge on any atom is 0.345 e. The van der Waals surface area contributed by atoms with Crippen LogP contribution in [0.4, 0.5) is 5.69 Å². The number of esters is 1. The number of ether oxygens (including phenoxy) is 1. The molecule has 0 unspecified atom stereocenters. The van der Waals surface area contributed by atoms with Crippen LogP contribution < -0.4 is 10.9 Å². The first-order valence-corrected chi connectivity index (χ1v) is 9.06. The SMILES string of the molecule is CCOC(=O)c1cnc2c3cc(NC(=O)C(C)(C)C)ccc3c(C)cn2c1=O. The Bertz CT molecular complexity index is 1160. The average Bonchev–Trinajstić information content (AvgIpc) is 2.62. The minimum absolute atomic E-state index is 0.112. The van der Waals surface area contributed by atoms with Gasteiger partial charge in [0.25, 0.3) is 5.56 Å². The molecule has 0 saturated carbocycles. The summed E-state index contributed by atoms with van der Waals surface area (Å²) < 4.78 is 6.28. The molecule has 7 nitrogen and oxygen atoms in total. The second-order valence-electron chi connectivity index (χ2n) is 7.67. The molecule has 3 rings (SSSR count). The molecule has 7 heteroatoms. The Labute approximate surface area is 162 Å². The standard InChI is InChI=1S/C21H23N3O4/c1-6-28-19(26)16-10-22-17-15-9-13(23-20(27)21(3,4)5)7-8-14(15)12(2)11-24(17)18(16)25/h7-11H,6H2,1-5H3,(H,23,27).